The van der Waals surface area contributed by atoms with Crippen molar-refractivity contribution in [1.29, 1.82) is 0 Å². The van der Waals surface area contributed by atoms with Gasteiger partial charge in [0, 0.05) is 23.3 Å². The Morgan fingerprint density at radius 1 is 0.840 bits per heavy atom. The highest BCUT2D eigenvalue weighted by Gasteiger charge is 2.41. The molecule has 0 saturated heterocycles. The van der Waals surface area contributed by atoms with Crippen LogP contribution in [0, 0.1) is 30.3 Å². The predicted octanol–water partition coefficient (Wildman–Crippen LogP) is 3.19. The van der Waals surface area contributed by atoms with E-state index in [4.69, 9.17) is 0 Å². The minimum atomic E-state index is -0.878. The molecule has 0 amide bonds. The fraction of sp³-hybridized carbons (Fsp3) is 0.133. The number of hydrogen-bond donors (Lipinski definition) is 0. The molecule has 0 fully saturated rings. The van der Waals surface area contributed by atoms with Gasteiger partial charge in [-0.1, -0.05) is 13.0 Å². The molecule has 0 heterocycles. The van der Waals surface area contributed by atoms with Crippen LogP contribution in [0.25, 0.3) is 11.1 Å². The first-order chi connectivity index (χ1) is 11.8. The lowest BCUT2D eigenvalue weighted by atomic mass is 9.97. The van der Waals surface area contributed by atoms with Crippen LogP contribution in [0.1, 0.15) is 28.4 Å². The summed E-state index contributed by atoms with van der Waals surface area (Å²) in [7, 11) is 0. The van der Waals surface area contributed by atoms with Crippen LogP contribution in [0.4, 0.5) is 17.1 Å². The lowest BCUT2D eigenvalue weighted by Crippen LogP contribution is -2.02. The first-order valence-electron chi connectivity index (χ1n) is 7.10. The third-order valence-corrected chi connectivity index (χ3v) is 4.08. The second-order valence-electron chi connectivity index (χ2n) is 5.34. The number of nitro benzene ring substituents is 3. The summed E-state index contributed by atoms with van der Waals surface area (Å²) in [5.41, 5.74) is -1.94. The molecule has 25 heavy (non-hydrogen) atoms. The molecule has 0 atom stereocenters. The standard InChI is InChI=1S/C15H9N3O7/c1-2-7-3-4-10(17(22)23)14-12(7)15(19)9-5-8(16(20)21)6-11(13(9)14)18(24)25/h3-6H,2H2,1H3. The summed E-state index contributed by atoms with van der Waals surface area (Å²) in [6, 6.07) is 4.24. The van der Waals surface area contributed by atoms with Crippen molar-refractivity contribution in [1.82, 2.24) is 0 Å². The quantitative estimate of drug-likeness (QED) is 0.522. The van der Waals surface area contributed by atoms with Crippen LogP contribution in [-0.4, -0.2) is 20.6 Å². The number of carbonyl (C=O) groups excluding carboxylic acids is 1. The van der Waals surface area contributed by atoms with Crippen molar-refractivity contribution in [3.05, 3.63) is 71.3 Å². The number of non-ortho nitro benzene ring substituents is 1. The molecule has 0 unspecified atom stereocenters. The highest BCUT2D eigenvalue weighted by atomic mass is 16.6. The van der Waals surface area contributed by atoms with Crippen molar-refractivity contribution in [3.63, 3.8) is 0 Å². The first kappa shape index (κ1) is 16.2. The summed E-state index contributed by atoms with van der Waals surface area (Å²) in [4.78, 5) is 44.0. The Kier molecular flexibility index (Phi) is 3.52. The second kappa shape index (κ2) is 5.44. The third kappa shape index (κ3) is 2.23. The van der Waals surface area contributed by atoms with Gasteiger partial charge in [-0.2, -0.15) is 0 Å². The maximum Gasteiger partial charge on any atom is 0.285 e. The smallest absolute Gasteiger partial charge is 0.285 e. The Bertz CT molecular complexity index is 997. The molecule has 0 spiro atoms. The third-order valence-electron chi connectivity index (χ3n) is 4.08. The van der Waals surface area contributed by atoms with E-state index in [1.54, 1.807) is 6.92 Å². The van der Waals surface area contributed by atoms with Gasteiger partial charge in [-0.3, -0.25) is 35.1 Å². The summed E-state index contributed by atoms with van der Waals surface area (Å²) >= 11 is 0. The van der Waals surface area contributed by atoms with Gasteiger partial charge in [-0.25, -0.2) is 0 Å². The average Bonchev–Trinajstić information content (AvgIpc) is 2.86. The predicted molar refractivity (Wildman–Crippen MR) is 84.7 cm³/mol. The van der Waals surface area contributed by atoms with Gasteiger partial charge in [0.2, 0.25) is 0 Å². The summed E-state index contributed by atoms with van der Waals surface area (Å²) < 4.78 is 0. The van der Waals surface area contributed by atoms with E-state index < -0.39 is 37.6 Å². The van der Waals surface area contributed by atoms with Crippen LogP contribution in [0.3, 0.4) is 0 Å². The highest BCUT2D eigenvalue weighted by molar-refractivity contribution is 6.25. The zero-order valence-electron chi connectivity index (χ0n) is 12.7. The number of rotatable bonds is 4. The van der Waals surface area contributed by atoms with Crippen LogP contribution in [0.2, 0.25) is 0 Å². The van der Waals surface area contributed by atoms with Gasteiger partial charge in [-0.15, -0.1) is 0 Å². The van der Waals surface area contributed by atoms with E-state index in [9.17, 15) is 35.1 Å². The summed E-state index contributed by atoms with van der Waals surface area (Å²) in [5, 5.41) is 33.8. The lowest BCUT2D eigenvalue weighted by molar-refractivity contribution is -0.394. The second-order valence-corrected chi connectivity index (χ2v) is 5.34. The molecule has 126 valence electrons. The SMILES string of the molecule is CCc1ccc([N+](=O)[O-])c2c1C(=O)c1cc([N+](=O)[O-])cc([N+](=O)[O-])c1-2. The van der Waals surface area contributed by atoms with Gasteiger partial charge in [0.05, 0.1) is 32.0 Å². The van der Waals surface area contributed by atoms with Crippen LogP contribution < -0.4 is 0 Å². The van der Waals surface area contributed by atoms with Crippen molar-refractivity contribution < 1.29 is 19.6 Å². The molecular formula is C15H9N3O7. The van der Waals surface area contributed by atoms with E-state index in [1.807, 2.05) is 0 Å². The molecule has 1 aliphatic rings. The monoisotopic (exact) mass is 343 g/mol. The van der Waals surface area contributed by atoms with Crippen LogP contribution >= 0.6 is 0 Å². The van der Waals surface area contributed by atoms with Gasteiger partial charge >= 0.3 is 0 Å². The number of hydrogen-bond acceptors (Lipinski definition) is 7. The van der Waals surface area contributed by atoms with Crippen LogP contribution in [0.15, 0.2) is 24.3 Å². The number of benzene rings is 2. The van der Waals surface area contributed by atoms with Crippen molar-refractivity contribution in [2.45, 2.75) is 13.3 Å². The fourth-order valence-corrected chi connectivity index (χ4v) is 3.03. The molecule has 2 aromatic rings. The fourth-order valence-electron chi connectivity index (χ4n) is 3.03. The maximum atomic E-state index is 12.7. The number of carbonyl (C=O) groups is 1. The molecule has 0 aliphatic heterocycles. The minimum absolute atomic E-state index is 0.00435. The zero-order chi connectivity index (χ0) is 18.5. The molecule has 10 nitrogen and oxygen atoms in total. The van der Waals surface area contributed by atoms with Gasteiger partial charge in [0.15, 0.2) is 5.78 Å². The van der Waals surface area contributed by atoms with Crippen molar-refractivity contribution in [3.8, 4) is 11.1 Å². The Morgan fingerprint density at radius 2 is 1.48 bits per heavy atom. The van der Waals surface area contributed by atoms with E-state index in [2.05, 4.69) is 0 Å². The summed E-state index contributed by atoms with van der Waals surface area (Å²) in [5.74, 6) is -0.683. The van der Waals surface area contributed by atoms with Gasteiger partial charge in [0.1, 0.15) is 0 Å². The normalized spacial score (nSPS) is 11.8. The van der Waals surface area contributed by atoms with E-state index in [-0.39, 0.29) is 22.3 Å². The Morgan fingerprint density at radius 3 is 2.00 bits per heavy atom. The molecule has 3 rings (SSSR count). The van der Waals surface area contributed by atoms with Crippen molar-refractivity contribution >= 4 is 22.8 Å². The molecule has 0 aromatic heterocycles. The molecule has 10 heteroatoms. The average molecular weight is 343 g/mol. The molecular weight excluding hydrogens is 334 g/mol. The van der Waals surface area contributed by atoms with Crippen molar-refractivity contribution in [2.24, 2.45) is 0 Å². The van der Waals surface area contributed by atoms with Crippen molar-refractivity contribution in [2.75, 3.05) is 0 Å². The van der Waals surface area contributed by atoms with E-state index in [1.165, 1.54) is 12.1 Å². The Labute approximate surface area is 139 Å². The first-order valence-corrected chi connectivity index (χ1v) is 7.10. The summed E-state index contributed by atoms with van der Waals surface area (Å²) in [6.45, 7) is 1.73. The molecule has 2 aromatic carbocycles. The van der Waals surface area contributed by atoms with Gasteiger partial charge in [0.25, 0.3) is 17.1 Å². The number of ketones is 1. The number of fused-ring (bicyclic) bond motifs is 3. The van der Waals surface area contributed by atoms with Crippen LogP contribution in [-0.2, 0) is 6.42 Å². The molecule has 1 aliphatic carbocycles. The summed E-state index contributed by atoms with van der Waals surface area (Å²) in [6.07, 6.45) is 0.371. The Balaban J connectivity index is 2.50. The highest BCUT2D eigenvalue weighted by Crippen LogP contribution is 2.49. The zero-order valence-corrected chi connectivity index (χ0v) is 12.7. The minimum Gasteiger partial charge on any atom is -0.289 e. The maximum absolute atomic E-state index is 12.7. The van der Waals surface area contributed by atoms with Gasteiger partial charge < -0.3 is 0 Å². The molecule has 0 saturated carbocycles. The van der Waals surface area contributed by atoms with E-state index in [0.29, 0.717) is 18.1 Å². The van der Waals surface area contributed by atoms with E-state index >= 15 is 0 Å². The topological polar surface area (TPSA) is 146 Å². The largest absolute Gasteiger partial charge is 0.289 e. The van der Waals surface area contributed by atoms with Crippen LogP contribution in [0.5, 0.6) is 0 Å². The molecule has 0 bridgehead atoms. The lowest BCUT2D eigenvalue weighted by Gasteiger charge is -2.06. The number of nitro groups is 3. The number of nitrogens with zero attached hydrogens (tertiary/aromatic N) is 3. The molecule has 0 radical (unpaired) electrons. The molecule has 0 N–H and O–H groups in total. The Hall–Kier alpha value is -3.69. The van der Waals surface area contributed by atoms with Gasteiger partial charge in [-0.05, 0) is 12.0 Å². The number of aryl methyl sites for hydroxylation is 1. The van der Waals surface area contributed by atoms with E-state index in [0.717, 1.165) is 6.07 Å².